The number of fused-ring (bicyclic) bond motifs is 3. The fourth-order valence-electron chi connectivity index (χ4n) is 5.47. The van der Waals surface area contributed by atoms with Crippen molar-refractivity contribution in [3.05, 3.63) is 71.2 Å². The number of benzene rings is 1. The number of nitrogens with two attached hydrogens (primary N) is 1. The Balaban J connectivity index is 1.27. The highest BCUT2D eigenvalue weighted by Gasteiger charge is 2.58. The minimum atomic E-state index is -5.41. The monoisotopic (exact) mass is 645 g/mol. The lowest BCUT2D eigenvalue weighted by atomic mass is 9.81. The zero-order valence-corrected chi connectivity index (χ0v) is 23.8. The number of amides is 2. The first-order valence-electron chi connectivity index (χ1n) is 14.0. The van der Waals surface area contributed by atoms with E-state index >= 15 is 0 Å². The molecule has 1 saturated carbocycles. The Morgan fingerprint density at radius 3 is 2.54 bits per heavy atom. The number of aromatic nitrogens is 3. The molecule has 4 aromatic rings. The van der Waals surface area contributed by atoms with Crippen LogP contribution < -0.4 is 25.3 Å². The van der Waals surface area contributed by atoms with Gasteiger partial charge in [-0.15, -0.1) is 8.78 Å². The number of hydrogen-bond acceptors (Lipinski definition) is 8. The number of halogens is 5. The molecule has 7 rings (SSSR count). The number of rotatable bonds is 7. The van der Waals surface area contributed by atoms with E-state index in [0.29, 0.717) is 11.4 Å². The van der Waals surface area contributed by atoms with Crippen LogP contribution in [0.4, 0.5) is 22.0 Å². The van der Waals surface area contributed by atoms with E-state index in [-0.39, 0.29) is 40.5 Å². The van der Waals surface area contributed by atoms with E-state index in [1.54, 1.807) is 10.6 Å². The van der Waals surface area contributed by atoms with Gasteiger partial charge in [0.15, 0.2) is 11.5 Å². The summed E-state index contributed by atoms with van der Waals surface area (Å²) in [4.78, 5) is 29.6. The Morgan fingerprint density at radius 2 is 1.85 bits per heavy atom. The molecule has 0 bridgehead atoms. The summed E-state index contributed by atoms with van der Waals surface area (Å²) in [6.45, 7) is -0.413. The van der Waals surface area contributed by atoms with Crippen molar-refractivity contribution in [2.75, 3.05) is 13.2 Å². The van der Waals surface area contributed by atoms with Crippen LogP contribution in [0.5, 0.6) is 17.2 Å². The van der Waals surface area contributed by atoms with Crippen molar-refractivity contribution in [1.82, 2.24) is 19.9 Å². The molecule has 2 atom stereocenters. The lowest BCUT2D eigenvalue weighted by Crippen LogP contribution is -2.51. The first kappa shape index (κ1) is 29.7. The van der Waals surface area contributed by atoms with Gasteiger partial charge in [-0.25, -0.2) is 9.50 Å². The molecule has 1 aromatic carbocycles. The highest BCUT2D eigenvalue weighted by atomic mass is 19.4. The van der Waals surface area contributed by atoms with Gasteiger partial charge < -0.3 is 30.4 Å². The second-order valence-electron chi connectivity index (χ2n) is 11.7. The molecule has 5 heterocycles. The third kappa shape index (κ3) is 4.74. The second kappa shape index (κ2) is 9.75. The smallest absolute Gasteiger partial charge is 0.489 e. The van der Waals surface area contributed by atoms with Gasteiger partial charge in [-0.2, -0.15) is 18.3 Å². The number of hydrogen-bond donors (Lipinski definition) is 3. The molecule has 1 aliphatic carbocycles. The van der Waals surface area contributed by atoms with E-state index in [4.69, 9.17) is 10.5 Å². The van der Waals surface area contributed by atoms with Gasteiger partial charge in [0.05, 0.1) is 23.4 Å². The summed E-state index contributed by atoms with van der Waals surface area (Å²) in [7, 11) is 0. The lowest BCUT2D eigenvalue weighted by Gasteiger charge is -2.31. The predicted molar refractivity (Wildman–Crippen MR) is 147 cm³/mol. The van der Waals surface area contributed by atoms with Crippen molar-refractivity contribution in [1.29, 1.82) is 0 Å². The quantitative estimate of drug-likeness (QED) is 0.256. The van der Waals surface area contributed by atoms with E-state index in [1.807, 2.05) is 0 Å². The molecular formula is C30H24F5N5O6. The van der Waals surface area contributed by atoms with Gasteiger partial charge in [0.2, 0.25) is 11.5 Å². The second-order valence-corrected chi connectivity index (χ2v) is 11.7. The molecule has 240 valence electrons. The summed E-state index contributed by atoms with van der Waals surface area (Å²) in [6, 6.07) is 8.83. The Kier molecular flexibility index (Phi) is 6.30. The minimum absolute atomic E-state index is 0.0220. The molecule has 2 amide bonds. The SMILES string of the molecule is C[C@]1(C(N)=O)COc2c1cc([C@@](O)(CNC(=O)c1ccn3nc(C4CC4)cc3c1)C(F)(F)F)nc2-c1ccc2c(c1)OC(F)(F)O2. The van der Waals surface area contributed by atoms with Crippen LogP contribution >= 0.6 is 0 Å². The van der Waals surface area contributed by atoms with Crippen LogP contribution in [0.25, 0.3) is 16.8 Å². The summed E-state index contributed by atoms with van der Waals surface area (Å²) in [5, 5.41) is 17.9. The van der Waals surface area contributed by atoms with Gasteiger partial charge in [0.1, 0.15) is 23.5 Å². The molecule has 3 aromatic heterocycles. The molecule has 0 radical (unpaired) electrons. The number of nitrogens with zero attached hydrogens (tertiary/aromatic N) is 3. The molecule has 3 aliphatic rings. The maximum atomic E-state index is 14.7. The van der Waals surface area contributed by atoms with E-state index < -0.39 is 53.3 Å². The minimum Gasteiger partial charge on any atom is -0.489 e. The summed E-state index contributed by atoms with van der Waals surface area (Å²) in [5.74, 6) is -2.44. The maximum absolute atomic E-state index is 14.7. The van der Waals surface area contributed by atoms with Crippen LogP contribution in [0.1, 0.15) is 53.0 Å². The first-order chi connectivity index (χ1) is 21.6. The molecule has 4 N–H and O–H groups in total. The summed E-state index contributed by atoms with van der Waals surface area (Å²) in [6.07, 6.45) is -5.88. The van der Waals surface area contributed by atoms with E-state index in [1.165, 1.54) is 31.3 Å². The van der Waals surface area contributed by atoms with Crippen LogP contribution in [-0.2, 0) is 15.8 Å². The number of aliphatic hydroxyl groups is 1. The molecule has 0 spiro atoms. The molecule has 0 saturated heterocycles. The number of primary amides is 1. The van der Waals surface area contributed by atoms with Gasteiger partial charge in [-0.05, 0) is 62.2 Å². The van der Waals surface area contributed by atoms with E-state index in [2.05, 4.69) is 24.9 Å². The number of carbonyl (C=O) groups is 2. The van der Waals surface area contributed by atoms with E-state index in [0.717, 1.165) is 36.7 Å². The maximum Gasteiger partial charge on any atom is 0.586 e. The molecule has 11 nitrogen and oxygen atoms in total. The van der Waals surface area contributed by atoms with Crippen molar-refractivity contribution in [3.63, 3.8) is 0 Å². The van der Waals surface area contributed by atoms with Gasteiger partial charge in [0.25, 0.3) is 5.91 Å². The number of ether oxygens (including phenoxy) is 3. The molecular weight excluding hydrogens is 621 g/mol. The Hall–Kier alpha value is -4.99. The molecule has 2 aliphatic heterocycles. The van der Waals surface area contributed by atoms with Gasteiger partial charge >= 0.3 is 12.5 Å². The highest BCUT2D eigenvalue weighted by Crippen LogP contribution is 2.50. The number of carbonyl (C=O) groups excluding carboxylic acids is 2. The summed E-state index contributed by atoms with van der Waals surface area (Å²) < 4.78 is 87.7. The lowest BCUT2D eigenvalue weighted by molar-refractivity contribution is -0.286. The fraction of sp³-hybridized carbons (Fsp3) is 0.333. The molecule has 1 fully saturated rings. The normalized spacial score (nSPS) is 21.0. The van der Waals surface area contributed by atoms with Gasteiger partial charge in [-0.3, -0.25) is 9.59 Å². The van der Waals surface area contributed by atoms with Gasteiger partial charge in [0, 0.05) is 28.8 Å². The van der Waals surface area contributed by atoms with Gasteiger partial charge in [-0.1, -0.05) is 0 Å². The Morgan fingerprint density at radius 1 is 1.11 bits per heavy atom. The number of alkyl halides is 5. The summed E-state index contributed by atoms with van der Waals surface area (Å²) >= 11 is 0. The summed E-state index contributed by atoms with van der Waals surface area (Å²) in [5.41, 5.74) is 0.0780. The van der Waals surface area contributed by atoms with Crippen LogP contribution in [0.3, 0.4) is 0 Å². The van der Waals surface area contributed by atoms with Crippen molar-refractivity contribution >= 4 is 17.3 Å². The average molecular weight is 646 g/mol. The van der Waals surface area contributed by atoms with Crippen LogP contribution in [0.15, 0.2) is 48.7 Å². The van der Waals surface area contributed by atoms with E-state index in [9.17, 15) is 36.6 Å². The third-order valence-corrected chi connectivity index (χ3v) is 8.43. The first-order valence-corrected chi connectivity index (χ1v) is 14.0. The topological polar surface area (TPSA) is 150 Å². The van der Waals surface area contributed by atoms with Crippen molar-refractivity contribution in [2.24, 2.45) is 5.73 Å². The van der Waals surface area contributed by atoms with Crippen molar-refractivity contribution < 1.29 is 50.9 Å². The molecule has 46 heavy (non-hydrogen) atoms. The molecule has 16 heteroatoms. The van der Waals surface area contributed by atoms with Crippen LogP contribution in [0.2, 0.25) is 0 Å². The fourth-order valence-corrected chi connectivity index (χ4v) is 5.47. The number of nitrogens with one attached hydrogen (secondary N) is 1. The van der Waals surface area contributed by atoms with Crippen LogP contribution in [-0.4, -0.2) is 57.1 Å². The zero-order chi connectivity index (χ0) is 32.8. The zero-order valence-electron chi connectivity index (χ0n) is 23.8. The standard InChI is InChI=1S/C30H24F5N5O6/c1-27(26(36)42)13-44-24-18(27)11-22(38-23(24)15-4-5-20-21(9-15)46-30(34,35)45-20)28(43,29(31,32)33)12-37-25(41)16-6-7-40-17(8-16)10-19(39-40)14-2-3-14/h4-11,14,43H,2-3,12-13H2,1H3,(H2,36,42)(H,37,41)/t27-,28-/m0/s1. The highest BCUT2D eigenvalue weighted by molar-refractivity contribution is 5.95. The Labute approximate surface area is 256 Å². The van der Waals surface area contributed by atoms with Crippen molar-refractivity contribution in [2.45, 2.75) is 49.2 Å². The van der Waals surface area contributed by atoms with Crippen LogP contribution in [0, 0.1) is 0 Å². The predicted octanol–water partition coefficient (Wildman–Crippen LogP) is 3.91. The third-order valence-electron chi connectivity index (χ3n) is 8.43. The number of pyridine rings is 2. The Bertz CT molecular complexity index is 1940. The van der Waals surface area contributed by atoms with Crippen molar-refractivity contribution in [3.8, 4) is 28.5 Å². The largest absolute Gasteiger partial charge is 0.586 e. The average Bonchev–Trinajstić information content (AvgIpc) is 3.54. The molecule has 0 unspecified atom stereocenters.